The number of aliphatic carboxylic acids is 1. The van der Waals surface area contributed by atoms with Gasteiger partial charge in [0.05, 0.1) is 11.6 Å². The molecule has 0 heterocycles. The summed E-state index contributed by atoms with van der Waals surface area (Å²) >= 11 is 5.95. The van der Waals surface area contributed by atoms with Gasteiger partial charge >= 0.3 is 5.97 Å². The van der Waals surface area contributed by atoms with E-state index in [1.807, 2.05) is 31.2 Å². The number of carboxylic acids is 1. The first-order chi connectivity index (χ1) is 18.3. The molecule has 1 atom stereocenters. The molecule has 1 amide bonds. The van der Waals surface area contributed by atoms with Gasteiger partial charge in [-0.1, -0.05) is 41.9 Å². The Balaban J connectivity index is 1.68. The summed E-state index contributed by atoms with van der Waals surface area (Å²) in [5.74, 6) is -0.612. The van der Waals surface area contributed by atoms with Crippen LogP contribution in [0, 0.1) is 5.82 Å². The smallest absolute Gasteiger partial charge is 0.333 e. The lowest BCUT2D eigenvalue weighted by Crippen LogP contribution is -2.34. The summed E-state index contributed by atoms with van der Waals surface area (Å²) in [7, 11) is 0. The van der Waals surface area contributed by atoms with Gasteiger partial charge in [-0.25, -0.2) is 9.18 Å². The van der Waals surface area contributed by atoms with Gasteiger partial charge in [-0.3, -0.25) is 4.79 Å². The van der Waals surface area contributed by atoms with Gasteiger partial charge in [-0.15, -0.1) is 0 Å². The number of hydrogen-bond donors (Lipinski definition) is 1. The Morgan fingerprint density at radius 3 is 2.03 bits per heavy atom. The van der Waals surface area contributed by atoms with Crippen molar-refractivity contribution in [3.8, 4) is 11.5 Å². The zero-order valence-corrected chi connectivity index (χ0v) is 22.1. The maximum absolute atomic E-state index is 13.6. The summed E-state index contributed by atoms with van der Waals surface area (Å²) in [6.45, 7) is 4.80. The van der Waals surface area contributed by atoms with Crippen molar-refractivity contribution in [2.45, 2.75) is 39.5 Å². The minimum atomic E-state index is -1.02. The van der Waals surface area contributed by atoms with Crippen LogP contribution in [0.15, 0.2) is 66.7 Å². The van der Waals surface area contributed by atoms with E-state index in [0.717, 1.165) is 16.9 Å². The van der Waals surface area contributed by atoms with Gasteiger partial charge in [0.1, 0.15) is 17.3 Å². The number of benzene rings is 3. The first-order valence-electron chi connectivity index (χ1n) is 12.3. The zero-order chi connectivity index (χ0) is 27.5. The Bertz CT molecular complexity index is 1200. The minimum Gasteiger partial charge on any atom is -0.494 e. The highest BCUT2D eigenvalue weighted by Crippen LogP contribution is 2.20. The summed E-state index contributed by atoms with van der Waals surface area (Å²) < 4.78 is 30.1. The fraction of sp³-hybridized carbons (Fsp3) is 0.310. The van der Waals surface area contributed by atoms with E-state index in [4.69, 9.17) is 25.8 Å². The molecule has 38 heavy (non-hydrogen) atoms. The van der Waals surface area contributed by atoms with Crippen molar-refractivity contribution in [3.05, 3.63) is 94.3 Å². The van der Waals surface area contributed by atoms with Gasteiger partial charge in [0.2, 0.25) is 0 Å². The van der Waals surface area contributed by atoms with E-state index in [2.05, 4.69) is 0 Å². The highest BCUT2D eigenvalue weighted by molar-refractivity contribution is 6.30. The molecule has 0 spiro atoms. The van der Waals surface area contributed by atoms with Crippen molar-refractivity contribution in [1.82, 2.24) is 4.90 Å². The van der Waals surface area contributed by atoms with Crippen molar-refractivity contribution < 1.29 is 33.3 Å². The van der Waals surface area contributed by atoms with Crippen molar-refractivity contribution in [1.29, 1.82) is 0 Å². The molecule has 0 unspecified atom stereocenters. The van der Waals surface area contributed by atoms with Crippen LogP contribution in [0.2, 0.25) is 5.02 Å². The summed E-state index contributed by atoms with van der Waals surface area (Å²) in [6, 6.07) is 18.7. The van der Waals surface area contributed by atoms with Crippen molar-refractivity contribution in [2.24, 2.45) is 0 Å². The lowest BCUT2D eigenvalue weighted by molar-refractivity contribution is -0.150. The van der Waals surface area contributed by atoms with Gasteiger partial charge in [0, 0.05) is 26.1 Å². The second-order valence-corrected chi connectivity index (χ2v) is 8.90. The number of rotatable bonds is 14. The molecule has 0 saturated heterocycles. The van der Waals surface area contributed by atoms with Gasteiger partial charge in [-0.05, 0) is 66.9 Å². The number of carbonyl (C=O) groups is 2. The van der Waals surface area contributed by atoms with Crippen LogP contribution in [0.25, 0.3) is 0 Å². The monoisotopic (exact) mass is 543 g/mol. The molecule has 3 aromatic carbocycles. The van der Waals surface area contributed by atoms with Crippen molar-refractivity contribution in [2.75, 3.05) is 19.8 Å². The number of nitrogens with zero attached hydrogens (tertiary/aromatic N) is 1. The molecule has 0 bridgehead atoms. The fourth-order valence-corrected chi connectivity index (χ4v) is 3.96. The fourth-order valence-electron chi connectivity index (χ4n) is 3.76. The first kappa shape index (κ1) is 28.9. The molecule has 3 aromatic rings. The number of carboxylic acid groups (broad SMARTS) is 1. The van der Waals surface area contributed by atoms with Crippen LogP contribution in [0.1, 0.15) is 30.5 Å². The third-order valence-electron chi connectivity index (χ3n) is 5.67. The van der Waals surface area contributed by atoms with E-state index < -0.39 is 17.9 Å². The van der Waals surface area contributed by atoms with Crippen molar-refractivity contribution >= 4 is 23.5 Å². The molecule has 0 fully saturated rings. The van der Waals surface area contributed by atoms with Crippen molar-refractivity contribution in [3.63, 3.8) is 0 Å². The molecule has 0 radical (unpaired) electrons. The molecule has 0 aliphatic rings. The van der Waals surface area contributed by atoms with E-state index in [0.29, 0.717) is 31.1 Å². The number of ether oxygens (including phenoxy) is 3. The van der Waals surface area contributed by atoms with Crippen LogP contribution in [-0.4, -0.2) is 47.8 Å². The minimum absolute atomic E-state index is 0.0122. The summed E-state index contributed by atoms with van der Waals surface area (Å²) in [4.78, 5) is 26.1. The Morgan fingerprint density at radius 2 is 1.45 bits per heavy atom. The molecule has 3 rings (SSSR count). The molecular formula is C29H31ClFNO6. The van der Waals surface area contributed by atoms with Crippen LogP contribution >= 0.6 is 11.6 Å². The second kappa shape index (κ2) is 14.4. The molecule has 0 aromatic heterocycles. The number of carbonyl (C=O) groups excluding carboxylic acids is 1. The Hall–Kier alpha value is -3.62. The van der Waals surface area contributed by atoms with Gasteiger partial charge in [-0.2, -0.15) is 0 Å². The highest BCUT2D eigenvalue weighted by Gasteiger charge is 2.19. The van der Waals surface area contributed by atoms with Gasteiger partial charge in [0.15, 0.2) is 12.7 Å². The van der Waals surface area contributed by atoms with Crippen LogP contribution < -0.4 is 9.47 Å². The quantitative estimate of drug-likeness (QED) is 0.288. The number of hydrogen-bond acceptors (Lipinski definition) is 5. The Morgan fingerprint density at radius 1 is 0.868 bits per heavy atom. The third kappa shape index (κ3) is 8.75. The summed E-state index contributed by atoms with van der Waals surface area (Å²) in [5, 5.41) is 9.26. The van der Waals surface area contributed by atoms with Crippen LogP contribution in [0.3, 0.4) is 0 Å². The molecular weight excluding hydrogens is 513 g/mol. The lowest BCUT2D eigenvalue weighted by atomic mass is 10.1. The van der Waals surface area contributed by atoms with Crippen LogP contribution in [0.4, 0.5) is 4.39 Å². The number of halogens is 2. The molecule has 0 aliphatic carbocycles. The molecule has 9 heteroatoms. The summed E-state index contributed by atoms with van der Waals surface area (Å²) in [5.41, 5.74) is 2.35. The van der Waals surface area contributed by atoms with E-state index in [9.17, 15) is 19.1 Å². The predicted octanol–water partition coefficient (Wildman–Crippen LogP) is 5.52. The predicted molar refractivity (Wildman–Crippen MR) is 142 cm³/mol. The lowest BCUT2D eigenvalue weighted by Gasteiger charge is -2.23. The van der Waals surface area contributed by atoms with Crippen LogP contribution in [0.5, 0.6) is 11.5 Å². The zero-order valence-electron chi connectivity index (χ0n) is 21.4. The van der Waals surface area contributed by atoms with E-state index in [-0.39, 0.29) is 30.5 Å². The molecule has 1 N–H and O–H groups in total. The Kier molecular flexibility index (Phi) is 10.9. The third-order valence-corrected chi connectivity index (χ3v) is 5.96. The Labute approximate surface area is 226 Å². The van der Waals surface area contributed by atoms with Gasteiger partial charge in [0.25, 0.3) is 5.91 Å². The summed E-state index contributed by atoms with van der Waals surface area (Å²) in [6.07, 6.45) is -0.706. The van der Waals surface area contributed by atoms with E-state index >= 15 is 0 Å². The molecule has 7 nitrogen and oxygen atoms in total. The van der Waals surface area contributed by atoms with Crippen LogP contribution in [-0.2, 0) is 33.8 Å². The normalized spacial score (nSPS) is 11.6. The molecule has 202 valence electrons. The number of amides is 1. The highest BCUT2D eigenvalue weighted by atomic mass is 35.5. The maximum atomic E-state index is 13.6. The standard InChI is InChI=1S/C29H31ClFNO6/c1-3-36-23-12-7-21(8-13-23)17-32(18-22-9-14-26(31)25(30)15-22)28(33)19-38-24-10-5-20(6-11-24)16-27(29(34)35)37-4-2/h5-15,27H,3-4,16-19H2,1-2H3,(H,34,35)/t27-/m0/s1. The average molecular weight is 544 g/mol. The maximum Gasteiger partial charge on any atom is 0.333 e. The van der Waals surface area contributed by atoms with E-state index in [1.54, 1.807) is 42.2 Å². The SMILES string of the molecule is CCOc1ccc(CN(Cc2ccc(F)c(Cl)c2)C(=O)COc2ccc(C[C@H](OCC)C(=O)O)cc2)cc1. The molecule has 0 aliphatic heterocycles. The largest absolute Gasteiger partial charge is 0.494 e. The first-order valence-corrected chi connectivity index (χ1v) is 12.7. The molecule has 0 saturated carbocycles. The second-order valence-electron chi connectivity index (χ2n) is 8.49. The average Bonchev–Trinajstić information content (AvgIpc) is 2.90. The van der Waals surface area contributed by atoms with Gasteiger partial charge < -0.3 is 24.2 Å². The topological polar surface area (TPSA) is 85.3 Å². The van der Waals surface area contributed by atoms with E-state index in [1.165, 1.54) is 12.1 Å².